The molecule has 1 aromatic rings. The Hall–Kier alpha value is -0.590. The second-order valence-electron chi connectivity index (χ2n) is 5.36. The Morgan fingerprint density at radius 2 is 2.10 bits per heavy atom. The average Bonchev–Trinajstić information content (AvgIpc) is 3.20. The molecule has 2 rings (SSSR count). The van der Waals surface area contributed by atoms with Gasteiger partial charge in [-0.1, -0.05) is 28.8 Å². The van der Waals surface area contributed by atoms with E-state index in [-0.39, 0.29) is 16.4 Å². The van der Waals surface area contributed by atoms with E-state index in [1.54, 1.807) is 13.0 Å². The van der Waals surface area contributed by atoms with E-state index < -0.39 is 9.05 Å². The van der Waals surface area contributed by atoms with E-state index in [2.05, 4.69) is 21.2 Å². The molecule has 1 saturated carbocycles. The highest BCUT2D eigenvalue weighted by molar-refractivity contribution is 9.10. The number of hydrogen-bond acceptors (Lipinski definition) is 3. The molecule has 116 valence electrons. The molecule has 0 radical (unpaired) electrons. The molecule has 1 amide bonds. The fourth-order valence-electron chi connectivity index (χ4n) is 2.14. The molecule has 0 heterocycles. The van der Waals surface area contributed by atoms with Crippen LogP contribution >= 0.6 is 26.6 Å². The van der Waals surface area contributed by atoms with Gasteiger partial charge >= 0.3 is 0 Å². The van der Waals surface area contributed by atoms with Crippen molar-refractivity contribution >= 4 is 41.6 Å². The second-order valence-corrected chi connectivity index (χ2v) is 8.75. The van der Waals surface area contributed by atoms with Crippen molar-refractivity contribution in [2.75, 3.05) is 6.54 Å². The van der Waals surface area contributed by atoms with Crippen LogP contribution in [0.15, 0.2) is 21.5 Å². The van der Waals surface area contributed by atoms with Crippen LogP contribution in [-0.2, 0) is 9.05 Å². The third kappa shape index (κ3) is 4.69. The van der Waals surface area contributed by atoms with E-state index in [1.165, 1.54) is 18.9 Å². The summed E-state index contributed by atoms with van der Waals surface area (Å²) >= 11 is 3.26. The van der Waals surface area contributed by atoms with E-state index in [0.717, 1.165) is 18.8 Å². The molecule has 1 aromatic carbocycles. The van der Waals surface area contributed by atoms with E-state index in [4.69, 9.17) is 10.7 Å². The molecule has 0 unspecified atom stereocenters. The van der Waals surface area contributed by atoms with Gasteiger partial charge in [0.05, 0.1) is 4.90 Å². The average molecular weight is 395 g/mol. The van der Waals surface area contributed by atoms with Crippen LogP contribution in [-0.4, -0.2) is 20.9 Å². The number of hydrogen-bond donors (Lipinski definition) is 1. The fourth-order valence-corrected chi connectivity index (χ4v) is 3.95. The molecule has 1 N–H and O–H groups in total. The van der Waals surface area contributed by atoms with Crippen molar-refractivity contribution in [2.45, 2.75) is 37.5 Å². The third-order valence-corrected chi connectivity index (χ3v) is 5.86. The number of amides is 1. The highest BCUT2D eigenvalue weighted by atomic mass is 79.9. The first-order chi connectivity index (χ1) is 9.79. The zero-order valence-corrected chi connectivity index (χ0v) is 14.8. The Bertz CT molecular complexity index is 656. The summed E-state index contributed by atoms with van der Waals surface area (Å²) in [6.45, 7) is 2.24. The van der Waals surface area contributed by atoms with Gasteiger partial charge in [-0.25, -0.2) is 8.42 Å². The maximum Gasteiger partial charge on any atom is 0.261 e. The standard InChI is InChI=1S/C14H17BrClNO3S/c1-9-12(15)7-11(8-13(9)21(16,19)20)14(18)17-6-2-3-10-4-5-10/h7-8,10H,2-6H2,1H3,(H,17,18). The highest BCUT2D eigenvalue weighted by Gasteiger charge is 2.21. The van der Waals surface area contributed by atoms with E-state index in [9.17, 15) is 13.2 Å². The molecule has 1 fully saturated rings. The van der Waals surface area contributed by atoms with Crippen LogP contribution in [0.4, 0.5) is 0 Å². The van der Waals surface area contributed by atoms with Gasteiger partial charge in [-0.2, -0.15) is 0 Å². The van der Waals surface area contributed by atoms with Crippen molar-refractivity contribution in [1.29, 1.82) is 0 Å². The first-order valence-electron chi connectivity index (χ1n) is 6.82. The van der Waals surface area contributed by atoms with Crippen molar-refractivity contribution < 1.29 is 13.2 Å². The van der Waals surface area contributed by atoms with Crippen LogP contribution in [0, 0.1) is 12.8 Å². The van der Waals surface area contributed by atoms with E-state index in [1.807, 2.05) is 0 Å². The summed E-state index contributed by atoms with van der Waals surface area (Å²) in [7, 11) is 1.52. The largest absolute Gasteiger partial charge is 0.352 e. The lowest BCUT2D eigenvalue weighted by atomic mass is 10.1. The van der Waals surface area contributed by atoms with Crippen molar-refractivity contribution in [3.63, 3.8) is 0 Å². The number of benzene rings is 1. The molecule has 0 spiro atoms. The molecule has 0 atom stereocenters. The summed E-state index contributed by atoms with van der Waals surface area (Å²) in [6, 6.07) is 2.93. The minimum atomic E-state index is -3.88. The SMILES string of the molecule is Cc1c(Br)cc(C(=O)NCCCC2CC2)cc1S(=O)(=O)Cl. The van der Waals surface area contributed by atoms with Gasteiger partial charge in [0.1, 0.15) is 0 Å². The van der Waals surface area contributed by atoms with Gasteiger partial charge in [0, 0.05) is 27.3 Å². The second kappa shape index (κ2) is 6.67. The van der Waals surface area contributed by atoms with Crippen LogP contribution in [0.1, 0.15) is 41.6 Å². The van der Waals surface area contributed by atoms with Gasteiger partial charge in [0.15, 0.2) is 0 Å². The van der Waals surface area contributed by atoms with Crippen LogP contribution in [0.25, 0.3) is 0 Å². The fraction of sp³-hybridized carbons (Fsp3) is 0.500. The first-order valence-corrected chi connectivity index (χ1v) is 9.92. The van der Waals surface area contributed by atoms with Gasteiger partial charge in [-0.15, -0.1) is 0 Å². The summed E-state index contributed by atoms with van der Waals surface area (Å²) in [4.78, 5) is 12.0. The number of rotatable bonds is 6. The molecular formula is C14H17BrClNO3S. The number of halogens is 2. The van der Waals surface area contributed by atoms with Gasteiger partial charge in [-0.05, 0) is 43.4 Å². The minimum Gasteiger partial charge on any atom is -0.352 e. The Morgan fingerprint density at radius 1 is 1.43 bits per heavy atom. The number of nitrogens with one attached hydrogen (secondary N) is 1. The maximum atomic E-state index is 12.1. The van der Waals surface area contributed by atoms with E-state index >= 15 is 0 Å². The van der Waals surface area contributed by atoms with Crippen molar-refractivity contribution in [3.8, 4) is 0 Å². The molecule has 0 aromatic heterocycles. The molecule has 0 aliphatic heterocycles. The molecule has 1 aliphatic carbocycles. The summed E-state index contributed by atoms with van der Waals surface area (Å²) < 4.78 is 23.6. The van der Waals surface area contributed by atoms with Gasteiger partial charge in [-0.3, -0.25) is 4.79 Å². The normalized spacial score (nSPS) is 15.0. The third-order valence-electron chi connectivity index (χ3n) is 3.59. The predicted octanol–water partition coefficient (Wildman–Crippen LogP) is 3.61. The number of carbonyl (C=O) groups excluding carboxylic acids is 1. The van der Waals surface area contributed by atoms with Crippen molar-refractivity contribution in [2.24, 2.45) is 5.92 Å². The van der Waals surface area contributed by atoms with Gasteiger partial charge < -0.3 is 5.32 Å². The Labute approximate surface area is 137 Å². The molecule has 21 heavy (non-hydrogen) atoms. The molecule has 4 nitrogen and oxygen atoms in total. The maximum absolute atomic E-state index is 12.1. The van der Waals surface area contributed by atoms with Crippen LogP contribution in [0.2, 0.25) is 0 Å². The smallest absolute Gasteiger partial charge is 0.261 e. The van der Waals surface area contributed by atoms with Crippen molar-refractivity contribution in [1.82, 2.24) is 5.32 Å². The highest BCUT2D eigenvalue weighted by Crippen LogP contribution is 2.33. The lowest BCUT2D eigenvalue weighted by molar-refractivity contribution is 0.0952. The monoisotopic (exact) mass is 393 g/mol. The Morgan fingerprint density at radius 3 is 2.67 bits per heavy atom. The van der Waals surface area contributed by atoms with Crippen LogP contribution in [0.5, 0.6) is 0 Å². The van der Waals surface area contributed by atoms with Crippen LogP contribution < -0.4 is 5.32 Å². The predicted molar refractivity (Wildman–Crippen MR) is 86.2 cm³/mol. The van der Waals surface area contributed by atoms with Gasteiger partial charge in [0.25, 0.3) is 15.0 Å². The molecule has 7 heteroatoms. The summed E-state index contributed by atoms with van der Waals surface area (Å²) in [5.74, 6) is 0.552. The lowest BCUT2D eigenvalue weighted by Gasteiger charge is -2.09. The lowest BCUT2D eigenvalue weighted by Crippen LogP contribution is -2.24. The van der Waals surface area contributed by atoms with Crippen LogP contribution in [0.3, 0.4) is 0 Å². The topological polar surface area (TPSA) is 63.2 Å². The molecule has 1 aliphatic rings. The zero-order valence-electron chi connectivity index (χ0n) is 11.7. The number of carbonyl (C=O) groups is 1. The summed E-state index contributed by atoms with van der Waals surface area (Å²) in [5, 5.41) is 2.81. The van der Waals surface area contributed by atoms with Gasteiger partial charge in [0.2, 0.25) is 0 Å². The minimum absolute atomic E-state index is 0.0401. The summed E-state index contributed by atoms with van der Waals surface area (Å²) in [6.07, 6.45) is 4.69. The molecular weight excluding hydrogens is 378 g/mol. The quantitative estimate of drug-likeness (QED) is 0.592. The van der Waals surface area contributed by atoms with E-state index in [0.29, 0.717) is 16.6 Å². The first kappa shape index (κ1) is 16.8. The zero-order chi connectivity index (χ0) is 15.6. The summed E-state index contributed by atoms with van der Waals surface area (Å²) in [5.41, 5.74) is 0.786. The Kier molecular flexibility index (Phi) is 5.33. The van der Waals surface area contributed by atoms with Crippen molar-refractivity contribution in [3.05, 3.63) is 27.7 Å². The Balaban J connectivity index is 2.07. The molecule has 0 saturated heterocycles. The molecule has 0 bridgehead atoms.